The van der Waals surface area contributed by atoms with Crippen molar-refractivity contribution < 1.29 is 9.47 Å². The van der Waals surface area contributed by atoms with Crippen molar-refractivity contribution in [1.29, 1.82) is 0 Å². The van der Waals surface area contributed by atoms with E-state index in [1.807, 2.05) is 20.2 Å². The molecule has 1 aromatic rings. The van der Waals surface area contributed by atoms with Gasteiger partial charge < -0.3 is 14.8 Å². The molecular formula is C16H24BrNO2. The van der Waals surface area contributed by atoms with Crippen LogP contribution in [0.5, 0.6) is 5.75 Å². The Kier molecular flexibility index (Phi) is 5.47. The third-order valence-corrected chi connectivity index (χ3v) is 5.12. The first-order chi connectivity index (χ1) is 9.65. The van der Waals surface area contributed by atoms with Crippen molar-refractivity contribution in [3.8, 4) is 5.75 Å². The second kappa shape index (κ2) is 6.92. The van der Waals surface area contributed by atoms with E-state index in [0.717, 1.165) is 29.5 Å². The van der Waals surface area contributed by atoms with Crippen molar-refractivity contribution in [3.05, 3.63) is 28.2 Å². The standard InChI is InChI=1S/C16H24BrNO2/c1-18-15(16(20-3)8-4-5-9-16)11-12-6-7-14(19-2)13(17)10-12/h6-7,10,15,18H,4-5,8-9,11H2,1-3H3. The Morgan fingerprint density at radius 2 is 2.00 bits per heavy atom. The minimum atomic E-state index is -0.0127. The normalized spacial score (nSPS) is 19.0. The van der Waals surface area contributed by atoms with E-state index in [4.69, 9.17) is 9.47 Å². The summed E-state index contributed by atoms with van der Waals surface area (Å²) in [7, 11) is 5.57. The molecule has 20 heavy (non-hydrogen) atoms. The lowest BCUT2D eigenvalue weighted by Gasteiger charge is -2.36. The van der Waals surface area contributed by atoms with Gasteiger partial charge >= 0.3 is 0 Å². The van der Waals surface area contributed by atoms with Crippen LogP contribution < -0.4 is 10.1 Å². The number of benzene rings is 1. The van der Waals surface area contributed by atoms with E-state index in [-0.39, 0.29) is 5.60 Å². The zero-order valence-corrected chi connectivity index (χ0v) is 14.1. The number of hydrogen-bond acceptors (Lipinski definition) is 3. The summed E-state index contributed by atoms with van der Waals surface area (Å²) < 4.78 is 12.2. The Morgan fingerprint density at radius 3 is 2.50 bits per heavy atom. The summed E-state index contributed by atoms with van der Waals surface area (Å²) in [6, 6.07) is 6.63. The van der Waals surface area contributed by atoms with Gasteiger partial charge in [-0.2, -0.15) is 0 Å². The van der Waals surface area contributed by atoms with Gasteiger partial charge in [0.05, 0.1) is 17.2 Å². The van der Waals surface area contributed by atoms with Crippen LogP contribution in [0.1, 0.15) is 31.2 Å². The molecule has 1 atom stereocenters. The smallest absolute Gasteiger partial charge is 0.133 e. The van der Waals surface area contributed by atoms with Crippen LogP contribution in [0.3, 0.4) is 0 Å². The highest BCUT2D eigenvalue weighted by molar-refractivity contribution is 9.10. The Hall–Kier alpha value is -0.580. The molecule has 0 saturated heterocycles. The minimum Gasteiger partial charge on any atom is -0.496 e. The molecule has 0 radical (unpaired) electrons. The van der Waals surface area contributed by atoms with E-state index in [9.17, 15) is 0 Å². The molecule has 2 rings (SSSR count). The van der Waals surface area contributed by atoms with Gasteiger partial charge in [-0.05, 0) is 59.9 Å². The van der Waals surface area contributed by atoms with Crippen LogP contribution in [0.25, 0.3) is 0 Å². The van der Waals surface area contributed by atoms with E-state index < -0.39 is 0 Å². The van der Waals surface area contributed by atoms with Gasteiger partial charge in [0.25, 0.3) is 0 Å². The molecular weight excluding hydrogens is 318 g/mol. The summed E-state index contributed by atoms with van der Waals surface area (Å²) in [5.41, 5.74) is 1.28. The second-order valence-corrected chi connectivity index (χ2v) is 6.34. The van der Waals surface area contributed by atoms with Crippen molar-refractivity contribution in [2.75, 3.05) is 21.3 Å². The maximum absolute atomic E-state index is 5.90. The van der Waals surface area contributed by atoms with Crippen molar-refractivity contribution in [2.45, 2.75) is 43.7 Å². The maximum atomic E-state index is 5.90. The average molecular weight is 342 g/mol. The van der Waals surface area contributed by atoms with E-state index in [1.165, 1.54) is 18.4 Å². The Bertz CT molecular complexity index is 444. The van der Waals surface area contributed by atoms with Gasteiger partial charge in [-0.15, -0.1) is 0 Å². The molecule has 1 aliphatic carbocycles. The largest absolute Gasteiger partial charge is 0.496 e. The highest BCUT2D eigenvalue weighted by Gasteiger charge is 2.40. The van der Waals surface area contributed by atoms with E-state index in [1.54, 1.807) is 7.11 Å². The third kappa shape index (κ3) is 3.18. The molecule has 1 N–H and O–H groups in total. The Morgan fingerprint density at radius 1 is 1.30 bits per heavy atom. The van der Waals surface area contributed by atoms with Crippen LogP contribution in [0, 0.1) is 0 Å². The predicted octanol–water partition coefficient (Wildman–Crippen LogP) is 3.55. The van der Waals surface area contributed by atoms with Crippen LogP contribution in [0.4, 0.5) is 0 Å². The van der Waals surface area contributed by atoms with Crippen LogP contribution >= 0.6 is 15.9 Å². The molecule has 0 amide bonds. The van der Waals surface area contributed by atoms with Gasteiger partial charge in [0.2, 0.25) is 0 Å². The van der Waals surface area contributed by atoms with E-state index in [2.05, 4.69) is 33.4 Å². The highest BCUT2D eigenvalue weighted by atomic mass is 79.9. The molecule has 112 valence electrons. The van der Waals surface area contributed by atoms with E-state index >= 15 is 0 Å². The highest BCUT2D eigenvalue weighted by Crippen LogP contribution is 2.37. The fourth-order valence-corrected chi connectivity index (χ4v) is 3.88. The zero-order chi connectivity index (χ0) is 14.6. The number of halogens is 1. The summed E-state index contributed by atoms with van der Waals surface area (Å²) in [5, 5.41) is 3.46. The first-order valence-electron chi connectivity index (χ1n) is 7.20. The van der Waals surface area contributed by atoms with Gasteiger partial charge in [-0.25, -0.2) is 0 Å². The Balaban J connectivity index is 2.15. The van der Waals surface area contributed by atoms with Crippen molar-refractivity contribution in [1.82, 2.24) is 5.32 Å². The Labute approximate surface area is 130 Å². The number of nitrogens with one attached hydrogen (secondary N) is 1. The molecule has 3 nitrogen and oxygen atoms in total. The van der Waals surface area contributed by atoms with Gasteiger partial charge in [-0.3, -0.25) is 0 Å². The number of ether oxygens (including phenoxy) is 2. The summed E-state index contributed by atoms with van der Waals surface area (Å²) in [5.74, 6) is 0.872. The van der Waals surface area contributed by atoms with Crippen LogP contribution in [-0.4, -0.2) is 32.9 Å². The zero-order valence-electron chi connectivity index (χ0n) is 12.5. The molecule has 1 aromatic carbocycles. The fraction of sp³-hybridized carbons (Fsp3) is 0.625. The average Bonchev–Trinajstić information content (AvgIpc) is 2.95. The summed E-state index contributed by atoms with van der Waals surface area (Å²) in [4.78, 5) is 0. The molecule has 1 aliphatic rings. The molecule has 0 spiro atoms. The van der Waals surface area contributed by atoms with Crippen molar-refractivity contribution >= 4 is 15.9 Å². The lowest BCUT2D eigenvalue weighted by molar-refractivity contribution is -0.0336. The van der Waals surface area contributed by atoms with Crippen LogP contribution in [0.15, 0.2) is 22.7 Å². The number of methoxy groups -OCH3 is 2. The van der Waals surface area contributed by atoms with Crippen LogP contribution in [0.2, 0.25) is 0 Å². The first-order valence-corrected chi connectivity index (χ1v) is 7.99. The minimum absolute atomic E-state index is 0.0127. The molecule has 1 saturated carbocycles. The van der Waals surface area contributed by atoms with Crippen LogP contribution in [-0.2, 0) is 11.2 Å². The van der Waals surface area contributed by atoms with Gasteiger partial charge in [-0.1, -0.05) is 18.9 Å². The van der Waals surface area contributed by atoms with Crippen molar-refractivity contribution in [3.63, 3.8) is 0 Å². The molecule has 0 bridgehead atoms. The monoisotopic (exact) mass is 341 g/mol. The lowest BCUT2D eigenvalue weighted by atomic mass is 9.87. The number of rotatable bonds is 6. The van der Waals surface area contributed by atoms with Gasteiger partial charge in [0, 0.05) is 13.2 Å². The third-order valence-electron chi connectivity index (χ3n) is 4.50. The molecule has 4 heteroatoms. The SMILES string of the molecule is CNC(Cc1ccc(OC)c(Br)c1)C1(OC)CCCC1. The molecule has 1 unspecified atom stereocenters. The van der Waals surface area contributed by atoms with Gasteiger partial charge in [0.1, 0.15) is 5.75 Å². The molecule has 0 aliphatic heterocycles. The van der Waals surface area contributed by atoms with E-state index in [0.29, 0.717) is 6.04 Å². The molecule has 0 heterocycles. The predicted molar refractivity (Wildman–Crippen MR) is 85.5 cm³/mol. The lowest BCUT2D eigenvalue weighted by Crippen LogP contribution is -2.50. The molecule has 1 fully saturated rings. The molecule has 0 aromatic heterocycles. The van der Waals surface area contributed by atoms with Crippen molar-refractivity contribution in [2.24, 2.45) is 0 Å². The number of likely N-dealkylation sites (N-methyl/N-ethyl adjacent to an activating group) is 1. The topological polar surface area (TPSA) is 30.5 Å². The quantitative estimate of drug-likeness (QED) is 0.858. The first kappa shape index (κ1) is 15.8. The summed E-state index contributed by atoms with van der Waals surface area (Å²) in [6.45, 7) is 0. The maximum Gasteiger partial charge on any atom is 0.133 e. The van der Waals surface area contributed by atoms with Gasteiger partial charge in [0.15, 0.2) is 0 Å². The number of hydrogen-bond donors (Lipinski definition) is 1. The summed E-state index contributed by atoms with van der Waals surface area (Å²) >= 11 is 3.56. The summed E-state index contributed by atoms with van der Waals surface area (Å²) in [6.07, 6.45) is 5.78. The second-order valence-electron chi connectivity index (χ2n) is 5.49. The fourth-order valence-electron chi connectivity index (χ4n) is 3.29.